The van der Waals surface area contributed by atoms with Gasteiger partial charge in [0, 0.05) is 29.2 Å². The maximum atomic E-state index is 13.7. The van der Waals surface area contributed by atoms with Crippen LogP contribution in [0.1, 0.15) is 65.2 Å². The number of thiazole rings is 1. The zero-order chi connectivity index (χ0) is 26.0. The monoisotopic (exact) mass is 518 g/mol. The van der Waals surface area contributed by atoms with Gasteiger partial charge >= 0.3 is 0 Å². The zero-order valence-electron chi connectivity index (χ0n) is 21.2. The van der Waals surface area contributed by atoms with Gasteiger partial charge in [-0.2, -0.15) is 0 Å². The van der Waals surface area contributed by atoms with Crippen molar-refractivity contribution in [1.82, 2.24) is 25.1 Å². The first-order chi connectivity index (χ1) is 17.8. The van der Waals surface area contributed by atoms with E-state index >= 15 is 0 Å². The lowest BCUT2D eigenvalue weighted by atomic mass is 9.94. The molecule has 0 radical (unpaired) electrons. The normalized spacial score (nSPS) is 17.1. The van der Waals surface area contributed by atoms with Crippen LogP contribution in [0.4, 0.5) is 0 Å². The van der Waals surface area contributed by atoms with E-state index in [0.29, 0.717) is 42.6 Å². The molecule has 192 valence electrons. The number of hydrogen-bond donors (Lipinski definition) is 1. The Bertz CT molecular complexity index is 1380. The molecule has 0 bridgehead atoms. The van der Waals surface area contributed by atoms with Gasteiger partial charge in [0.1, 0.15) is 10.7 Å². The van der Waals surface area contributed by atoms with Gasteiger partial charge < -0.3 is 19.8 Å². The summed E-state index contributed by atoms with van der Waals surface area (Å²) in [7, 11) is 0. The van der Waals surface area contributed by atoms with Gasteiger partial charge in [0.15, 0.2) is 0 Å². The molecule has 3 aromatic heterocycles. The quantitative estimate of drug-likeness (QED) is 0.357. The Morgan fingerprint density at radius 3 is 2.78 bits per heavy atom. The van der Waals surface area contributed by atoms with Crippen molar-refractivity contribution in [2.24, 2.45) is 5.73 Å². The molecule has 2 atom stereocenters. The average molecular weight is 519 g/mol. The first-order valence-electron chi connectivity index (χ1n) is 12.4. The fourth-order valence-corrected chi connectivity index (χ4v) is 5.51. The van der Waals surface area contributed by atoms with E-state index < -0.39 is 5.54 Å². The van der Waals surface area contributed by atoms with E-state index in [9.17, 15) is 4.79 Å². The molecule has 9 nitrogen and oxygen atoms in total. The number of ether oxygens (including phenoxy) is 1. The molecule has 0 unspecified atom stereocenters. The van der Waals surface area contributed by atoms with E-state index in [4.69, 9.17) is 14.9 Å². The number of pyridine rings is 1. The van der Waals surface area contributed by atoms with E-state index in [1.54, 1.807) is 23.5 Å². The van der Waals surface area contributed by atoms with Gasteiger partial charge in [-0.05, 0) is 51.7 Å². The minimum Gasteiger partial charge on any atom is -0.478 e. The van der Waals surface area contributed by atoms with E-state index in [1.807, 2.05) is 61.4 Å². The number of amides is 1. The molecular formula is C27H30N6O3S. The lowest BCUT2D eigenvalue weighted by Gasteiger charge is -2.23. The number of aryl methyl sites for hydroxylation is 1. The average Bonchev–Trinajstić information content (AvgIpc) is 3.65. The Hall–Kier alpha value is -3.63. The minimum atomic E-state index is -0.878. The van der Waals surface area contributed by atoms with Crippen LogP contribution >= 0.6 is 11.3 Å². The highest BCUT2D eigenvalue weighted by atomic mass is 32.1. The molecule has 4 heterocycles. The highest BCUT2D eigenvalue weighted by Gasteiger charge is 2.34. The number of nitrogens with two attached hydrogens (primary N) is 1. The van der Waals surface area contributed by atoms with E-state index in [0.717, 1.165) is 29.1 Å². The summed E-state index contributed by atoms with van der Waals surface area (Å²) in [6.07, 6.45) is 2.34. The van der Waals surface area contributed by atoms with Gasteiger partial charge in [0.05, 0.1) is 18.2 Å². The largest absolute Gasteiger partial charge is 0.478 e. The summed E-state index contributed by atoms with van der Waals surface area (Å²) in [6.45, 7) is 6.76. The van der Waals surface area contributed by atoms with Crippen molar-refractivity contribution in [2.45, 2.75) is 51.6 Å². The smallest absolute Gasteiger partial charge is 0.266 e. The summed E-state index contributed by atoms with van der Waals surface area (Å²) in [5.41, 5.74) is 8.53. The molecule has 0 spiro atoms. The zero-order valence-corrected chi connectivity index (χ0v) is 22.0. The molecule has 1 amide bonds. The second-order valence-corrected chi connectivity index (χ2v) is 10.4. The molecule has 1 aliphatic heterocycles. The second kappa shape index (κ2) is 10.4. The number of likely N-dealkylation sites (tertiary alicyclic amines) is 1. The Balaban J connectivity index is 1.44. The first-order valence-corrected chi connectivity index (χ1v) is 13.3. The number of carbonyl (C=O) groups excluding carboxylic acids is 1. The number of carbonyl (C=O) groups is 1. The number of aromatic nitrogens is 4. The third kappa shape index (κ3) is 5.40. The summed E-state index contributed by atoms with van der Waals surface area (Å²) < 4.78 is 11.7. The molecule has 1 aromatic carbocycles. The van der Waals surface area contributed by atoms with Gasteiger partial charge in [-0.15, -0.1) is 21.5 Å². The van der Waals surface area contributed by atoms with Crippen LogP contribution in [0.15, 0.2) is 52.3 Å². The maximum absolute atomic E-state index is 13.7. The fourth-order valence-electron chi connectivity index (χ4n) is 4.57. The fraction of sp³-hybridized carbons (Fsp3) is 0.370. The third-order valence-electron chi connectivity index (χ3n) is 6.32. The van der Waals surface area contributed by atoms with Crippen molar-refractivity contribution in [3.8, 4) is 17.5 Å². The Labute approximate surface area is 219 Å². The molecule has 1 saturated heterocycles. The van der Waals surface area contributed by atoms with Crippen LogP contribution < -0.4 is 10.5 Å². The van der Waals surface area contributed by atoms with Gasteiger partial charge in [-0.3, -0.25) is 4.79 Å². The van der Waals surface area contributed by atoms with Crippen molar-refractivity contribution in [3.63, 3.8) is 0 Å². The summed E-state index contributed by atoms with van der Waals surface area (Å²) in [5, 5.41) is 11.4. The molecular weight excluding hydrogens is 488 g/mol. The molecule has 5 rings (SSSR count). The van der Waals surface area contributed by atoms with Crippen molar-refractivity contribution in [2.75, 3.05) is 13.2 Å². The predicted octanol–water partition coefficient (Wildman–Crippen LogP) is 4.69. The minimum absolute atomic E-state index is 0.0377. The van der Waals surface area contributed by atoms with Gasteiger partial charge in [0.25, 0.3) is 11.8 Å². The molecule has 1 fully saturated rings. The Morgan fingerprint density at radius 1 is 1.24 bits per heavy atom. The SMILES string of the molecule is CCOc1cc(C(=O)N2CCC[C@@H]2c2nc(C)cs2)cc(-c2nnc([C@](C)(N)Cc3ccccc3)o2)n1. The molecule has 4 aromatic rings. The van der Waals surface area contributed by atoms with Crippen LogP contribution in [0.25, 0.3) is 11.6 Å². The summed E-state index contributed by atoms with van der Waals surface area (Å²) in [4.78, 5) is 24.7. The Kier molecular flexibility index (Phi) is 7.03. The molecule has 37 heavy (non-hydrogen) atoms. The summed E-state index contributed by atoms with van der Waals surface area (Å²) in [5.74, 6) is 0.696. The van der Waals surface area contributed by atoms with Crippen molar-refractivity contribution in [1.29, 1.82) is 0 Å². The summed E-state index contributed by atoms with van der Waals surface area (Å²) in [6, 6.07) is 13.2. The van der Waals surface area contributed by atoms with E-state index in [2.05, 4.69) is 20.2 Å². The second-order valence-electron chi connectivity index (χ2n) is 9.49. The van der Waals surface area contributed by atoms with Crippen LogP contribution in [-0.2, 0) is 12.0 Å². The molecule has 1 aliphatic rings. The van der Waals surface area contributed by atoms with Crippen LogP contribution in [0.5, 0.6) is 5.88 Å². The number of hydrogen-bond acceptors (Lipinski definition) is 9. The molecule has 0 saturated carbocycles. The van der Waals surface area contributed by atoms with Crippen molar-refractivity contribution < 1.29 is 13.9 Å². The highest BCUT2D eigenvalue weighted by Crippen LogP contribution is 2.35. The molecule has 2 N–H and O–H groups in total. The molecule has 10 heteroatoms. The van der Waals surface area contributed by atoms with E-state index in [1.165, 1.54) is 0 Å². The number of nitrogens with zero attached hydrogens (tertiary/aromatic N) is 5. The van der Waals surface area contributed by atoms with Gasteiger partial charge in [0.2, 0.25) is 11.8 Å². The van der Waals surface area contributed by atoms with Crippen molar-refractivity contribution in [3.05, 3.63) is 75.6 Å². The number of rotatable bonds is 8. The lowest BCUT2D eigenvalue weighted by Crippen LogP contribution is -2.35. The predicted molar refractivity (Wildman–Crippen MR) is 140 cm³/mol. The molecule has 0 aliphatic carbocycles. The topological polar surface area (TPSA) is 120 Å². The van der Waals surface area contributed by atoms with Crippen LogP contribution in [0, 0.1) is 6.92 Å². The maximum Gasteiger partial charge on any atom is 0.266 e. The van der Waals surface area contributed by atoms with Crippen LogP contribution in [0.3, 0.4) is 0 Å². The standard InChI is InChI=1S/C27H30N6O3S/c1-4-35-22-14-19(25(34)33-12-8-11-21(33)24-29-17(2)16-37-24)13-20(30-22)23-31-32-26(36-23)27(3,28)15-18-9-6-5-7-10-18/h5-7,9-10,13-14,16,21H,4,8,11-12,15,28H2,1-3H3/t21-,27-/m1/s1. The van der Waals surface area contributed by atoms with Gasteiger partial charge in [-0.25, -0.2) is 9.97 Å². The Morgan fingerprint density at radius 2 is 2.05 bits per heavy atom. The van der Waals surface area contributed by atoms with Crippen LogP contribution in [0.2, 0.25) is 0 Å². The lowest BCUT2D eigenvalue weighted by molar-refractivity contribution is 0.0734. The third-order valence-corrected chi connectivity index (χ3v) is 7.39. The highest BCUT2D eigenvalue weighted by molar-refractivity contribution is 7.09. The summed E-state index contributed by atoms with van der Waals surface area (Å²) >= 11 is 1.59. The number of benzene rings is 1. The first kappa shape index (κ1) is 25.0. The van der Waals surface area contributed by atoms with Crippen molar-refractivity contribution >= 4 is 17.2 Å². The van der Waals surface area contributed by atoms with Gasteiger partial charge in [-0.1, -0.05) is 30.3 Å². The van der Waals surface area contributed by atoms with E-state index in [-0.39, 0.29) is 17.8 Å². The van der Waals surface area contributed by atoms with Crippen LogP contribution in [-0.4, -0.2) is 44.1 Å².